The van der Waals surface area contributed by atoms with Crippen LogP contribution in [0.5, 0.6) is 0 Å². The van der Waals surface area contributed by atoms with Gasteiger partial charge in [0.1, 0.15) is 4.88 Å². The van der Waals surface area contributed by atoms with Crippen LogP contribution in [0.4, 0.5) is 0 Å². The number of carbonyl (C=O) groups is 1. The summed E-state index contributed by atoms with van der Waals surface area (Å²) in [6.07, 6.45) is 4.29. The highest BCUT2D eigenvalue weighted by Gasteiger charge is 2.29. The minimum atomic E-state index is 0. The van der Waals surface area contributed by atoms with E-state index >= 15 is 0 Å². The van der Waals surface area contributed by atoms with Gasteiger partial charge < -0.3 is 14.6 Å². The molecule has 1 unspecified atom stereocenters. The van der Waals surface area contributed by atoms with Crippen molar-refractivity contribution in [3.05, 3.63) is 64.9 Å². The molecule has 1 aliphatic heterocycles. The molecular formula is C20H23Cl2N3O2S. The van der Waals surface area contributed by atoms with Crippen molar-refractivity contribution in [3.63, 3.8) is 0 Å². The topological polar surface area (TPSA) is 58.4 Å². The third-order valence-electron chi connectivity index (χ3n) is 4.73. The van der Waals surface area contributed by atoms with Crippen molar-refractivity contribution in [2.75, 3.05) is 19.6 Å². The molecule has 1 aliphatic rings. The first-order chi connectivity index (χ1) is 12.8. The van der Waals surface area contributed by atoms with E-state index in [1.54, 1.807) is 12.5 Å². The van der Waals surface area contributed by atoms with Crippen molar-refractivity contribution in [2.24, 2.45) is 0 Å². The Morgan fingerprint density at radius 1 is 1.29 bits per heavy atom. The summed E-state index contributed by atoms with van der Waals surface area (Å²) in [5, 5.41) is 4.14. The van der Waals surface area contributed by atoms with E-state index in [0.717, 1.165) is 24.5 Å². The molecule has 1 fully saturated rings. The maximum absolute atomic E-state index is 13.1. The molecule has 3 heterocycles. The van der Waals surface area contributed by atoms with Crippen LogP contribution >= 0.6 is 36.2 Å². The van der Waals surface area contributed by atoms with Crippen molar-refractivity contribution >= 4 is 42.1 Å². The van der Waals surface area contributed by atoms with Gasteiger partial charge in [-0.15, -0.1) is 36.2 Å². The lowest BCUT2D eigenvalue weighted by atomic mass is 10.0. The van der Waals surface area contributed by atoms with Gasteiger partial charge >= 0.3 is 0 Å². The molecule has 1 N–H and O–H groups in total. The minimum Gasteiger partial charge on any atom is -0.462 e. The van der Waals surface area contributed by atoms with Crippen LogP contribution in [-0.4, -0.2) is 35.4 Å². The number of halogens is 2. The minimum absolute atomic E-state index is 0. The van der Waals surface area contributed by atoms with Crippen molar-refractivity contribution in [1.82, 2.24) is 15.2 Å². The van der Waals surface area contributed by atoms with Gasteiger partial charge in [-0.05, 0) is 29.7 Å². The summed E-state index contributed by atoms with van der Waals surface area (Å²) in [6.45, 7) is 4.40. The zero-order valence-electron chi connectivity index (χ0n) is 15.5. The third kappa shape index (κ3) is 4.58. The van der Waals surface area contributed by atoms with Gasteiger partial charge in [-0.2, -0.15) is 0 Å². The Balaban J connectivity index is 0.00000140. The summed E-state index contributed by atoms with van der Waals surface area (Å²) in [5.41, 5.74) is 2.47. The molecule has 28 heavy (non-hydrogen) atoms. The van der Waals surface area contributed by atoms with Crippen LogP contribution in [-0.2, 0) is 6.42 Å². The molecule has 1 amide bonds. The lowest BCUT2D eigenvalue weighted by Crippen LogP contribution is -2.48. The van der Waals surface area contributed by atoms with E-state index in [1.165, 1.54) is 22.5 Å². The summed E-state index contributed by atoms with van der Waals surface area (Å²) >= 11 is 1.38. The van der Waals surface area contributed by atoms with E-state index in [1.807, 2.05) is 17.0 Å². The van der Waals surface area contributed by atoms with Gasteiger partial charge in [-0.3, -0.25) is 4.79 Å². The number of hydrogen-bond acceptors (Lipinski definition) is 5. The number of piperazine rings is 1. The highest BCUT2D eigenvalue weighted by molar-refractivity contribution is 7.16. The smallest absolute Gasteiger partial charge is 0.266 e. The Hall–Kier alpha value is -1.86. The van der Waals surface area contributed by atoms with Crippen molar-refractivity contribution in [2.45, 2.75) is 19.4 Å². The van der Waals surface area contributed by atoms with Gasteiger partial charge in [0.05, 0.1) is 18.5 Å². The van der Waals surface area contributed by atoms with Crippen LogP contribution < -0.4 is 5.32 Å². The standard InChI is InChI=1S/C20H21N3O2S.2ClH/c1-2-14-5-7-15(8-6-14)16-12-21-9-10-23(16)20(24)18-13-22-19(26-18)17-4-3-11-25-17;;/h3-8,11,13,16,21H,2,9-10,12H2,1H3;2*1H. The number of nitrogens with one attached hydrogen (secondary N) is 1. The van der Waals surface area contributed by atoms with Crippen LogP contribution in [0.1, 0.15) is 33.8 Å². The Morgan fingerprint density at radius 3 is 2.75 bits per heavy atom. The zero-order chi connectivity index (χ0) is 17.9. The van der Waals surface area contributed by atoms with Gasteiger partial charge in [-0.25, -0.2) is 4.98 Å². The van der Waals surface area contributed by atoms with E-state index < -0.39 is 0 Å². The van der Waals surface area contributed by atoms with Crippen molar-refractivity contribution in [3.8, 4) is 10.8 Å². The summed E-state index contributed by atoms with van der Waals surface area (Å²) < 4.78 is 5.38. The first-order valence-corrected chi connectivity index (χ1v) is 9.68. The fraction of sp³-hybridized carbons (Fsp3) is 0.300. The molecule has 1 atom stereocenters. The highest BCUT2D eigenvalue weighted by Crippen LogP contribution is 2.29. The van der Waals surface area contributed by atoms with E-state index in [2.05, 4.69) is 41.5 Å². The quantitative estimate of drug-likeness (QED) is 0.645. The highest BCUT2D eigenvalue weighted by atomic mass is 35.5. The van der Waals surface area contributed by atoms with Gasteiger partial charge in [0.2, 0.25) is 0 Å². The number of aromatic nitrogens is 1. The Morgan fingerprint density at radius 2 is 2.07 bits per heavy atom. The number of furan rings is 1. The summed E-state index contributed by atoms with van der Waals surface area (Å²) in [6, 6.07) is 12.3. The Bertz CT molecular complexity index is 881. The first-order valence-electron chi connectivity index (χ1n) is 8.86. The normalized spacial score (nSPS) is 16.2. The van der Waals surface area contributed by atoms with Crippen molar-refractivity contribution < 1.29 is 9.21 Å². The molecule has 3 aromatic rings. The predicted octanol–water partition coefficient (Wildman–Crippen LogP) is 4.60. The Kier molecular flexibility index (Phi) is 8.07. The Labute approximate surface area is 181 Å². The first kappa shape index (κ1) is 22.4. The molecule has 0 aliphatic carbocycles. The van der Waals surface area contributed by atoms with Gasteiger partial charge in [0, 0.05) is 19.6 Å². The molecule has 0 saturated carbocycles. The van der Waals surface area contributed by atoms with E-state index in [-0.39, 0.29) is 36.8 Å². The average molecular weight is 440 g/mol. The predicted molar refractivity (Wildman–Crippen MR) is 117 cm³/mol. The molecule has 5 nitrogen and oxygen atoms in total. The van der Waals surface area contributed by atoms with Crippen molar-refractivity contribution in [1.29, 1.82) is 0 Å². The lowest BCUT2D eigenvalue weighted by molar-refractivity contribution is 0.0639. The van der Waals surface area contributed by atoms with E-state index in [9.17, 15) is 4.79 Å². The number of nitrogens with zero attached hydrogens (tertiary/aromatic N) is 2. The molecule has 0 spiro atoms. The molecule has 4 rings (SSSR count). The second-order valence-electron chi connectivity index (χ2n) is 6.32. The molecule has 0 bridgehead atoms. The van der Waals surface area contributed by atoms with Crippen LogP contribution in [0, 0.1) is 0 Å². The third-order valence-corrected chi connectivity index (χ3v) is 5.73. The van der Waals surface area contributed by atoms with E-state index in [4.69, 9.17) is 4.42 Å². The van der Waals surface area contributed by atoms with E-state index in [0.29, 0.717) is 17.2 Å². The number of aryl methyl sites for hydroxylation is 1. The van der Waals surface area contributed by atoms with Crippen LogP contribution in [0.15, 0.2) is 53.3 Å². The molecular weight excluding hydrogens is 417 g/mol. The maximum atomic E-state index is 13.1. The second kappa shape index (κ2) is 10.1. The monoisotopic (exact) mass is 439 g/mol. The van der Waals surface area contributed by atoms with Gasteiger partial charge in [0.15, 0.2) is 10.8 Å². The number of rotatable bonds is 4. The molecule has 1 saturated heterocycles. The molecule has 0 radical (unpaired) electrons. The summed E-state index contributed by atoms with van der Waals surface area (Å²) in [7, 11) is 0. The SMILES string of the molecule is CCc1ccc(C2CNCCN2C(=O)c2cnc(-c3ccco3)s2)cc1.Cl.Cl. The second-order valence-corrected chi connectivity index (χ2v) is 7.35. The fourth-order valence-corrected chi connectivity index (χ4v) is 4.09. The number of carbonyl (C=O) groups excluding carboxylic acids is 1. The average Bonchev–Trinajstić information content (AvgIpc) is 3.39. The maximum Gasteiger partial charge on any atom is 0.266 e. The van der Waals surface area contributed by atoms with Crippen LogP contribution in [0.25, 0.3) is 10.8 Å². The largest absolute Gasteiger partial charge is 0.462 e. The number of hydrogen-bond donors (Lipinski definition) is 1. The zero-order valence-corrected chi connectivity index (χ0v) is 17.9. The summed E-state index contributed by atoms with van der Waals surface area (Å²) in [4.78, 5) is 20.1. The fourth-order valence-electron chi connectivity index (χ4n) is 3.25. The molecule has 1 aromatic carbocycles. The number of amides is 1. The summed E-state index contributed by atoms with van der Waals surface area (Å²) in [5.74, 6) is 0.729. The van der Waals surface area contributed by atoms with Gasteiger partial charge in [0.25, 0.3) is 5.91 Å². The van der Waals surface area contributed by atoms with Gasteiger partial charge in [-0.1, -0.05) is 31.2 Å². The van der Waals surface area contributed by atoms with Crippen LogP contribution in [0.3, 0.4) is 0 Å². The lowest BCUT2D eigenvalue weighted by Gasteiger charge is -2.36. The van der Waals surface area contributed by atoms with Crippen LogP contribution in [0.2, 0.25) is 0 Å². The molecule has 8 heteroatoms. The number of thiazole rings is 1. The molecule has 2 aromatic heterocycles. The molecule has 150 valence electrons. The number of benzene rings is 1.